The van der Waals surface area contributed by atoms with Crippen molar-refractivity contribution in [2.24, 2.45) is 11.3 Å². The average molecular weight is 186 g/mol. The third kappa shape index (κ3) is 8.29. The monoisotopic (exact) mass is 186 g/mol. The molecular formula is C12H26O. The van der Waals surface area contributed by atoms with Crippen molar-refractivity contribution in [1.29, 1.82) is 0 Å². The molecule has 0 aliphatic rings. The minimum Gasteiger partial charge on any atom is -0.393 e. The molecule has 0 saturated carbocycles. The van der Waals surface area contributed by atoms with Crippen LogP contribution in [0.25, 0.3) is 0 Å². The van der Waals surface area contributed by atoms with Crippen LogP contribution >= 0.6 is 0 Å². The van der Waals surface area contributed by atoms with Crippen LogP contribution in [0.3, 0.4) is 0 Å². The molecule has 13 heavy (non-hydrogen) atoms. The van der Waals surface area contributed by atoms with Crippen molar-refractivity contribution < 1.29 is 5.11 Å². The Balaban J connectivity index is 3.57. The van der Waals surface area contributed by atoms with Gasteiger partial charge in [-0.15, -0.1) is 0 Å². The van der Waals surface area contributed by atoms with E-state index in [0.717, 1.165) is 25.2 Å². The van der Waals surface area contributed by atoms with Gasteiger partial charge in [0.1, 0.15) is 0 Å². The predicted octanol–water partition coefficient (Wildman–Crippen LogP) is 3.61. The standard InChI is InChI=1S/C12H26O/c1-6-10(2)7-8-11(13)9-12(3,4)5/h10-11,13H,6-9H2,1-5H3/t10-,11?/m0/s1. The van der Waals surface area contributed by atoms with Gasteiger partial charge in [-0.2, -0.15) is 0 Å². The van der Waals surface area contributed by atoms with Crippen molar-refractivity contribution in [2.75, 3.05) is 0 Å². The second-order valence-electron chi connectivity index (χ2n) is 5.51. The summed E-state index contributed by atoms with van der Waals surface area (Å²) in [5, 5.41) is 9.73. The molecule has 0 aliphatic heterocycles. The maximum absolute atomic E-state index is 9.73. The van der Waals surface area contributed by atoms with Crippen LogP contribution in [0.1, 0.15) is 60.3 Å². The Bertz CT molecular complexity index is 124. The predicted molar refractivity (Wildman–Crippen MR) is 58.8 cm³/mol. The first kappa shape index (κ1) is 13.0. The van der Waals surface area contributed by atoms with E-state index in [-0.39, 0.29) is 11.5 Å². The first-order chi connectivity index (χ1) is 5.85. The van der Waals surface area contributed by atoms with E-state index in [9.17, 15) is 5.11 Å². The average Bonchev–Trinajstić information content (AvgIpc) is 1.97. The molecule has 0 aromatic heterocycles. The lowest BCUT2D eigenvalue weighted by Crippen LogP contribution is -2.18. The van der Waals surface area contributed by atoms with Gasteiger partial charge in [0.25, 0.3) is 0 Å². The molecular weight excluding hydrogens is 160 g/mol. The molecule has 0 rings (SSSR count). The Labute approximate surface area is 83.5 Å². The number of aliphatic hydroxyl groups is 1. The van der Waals surface area contributed by atoms with E-state index in [0.29, 0.717) is 0 Å². The first-order valence-corrected chi connectivity index (χ1v) is 5.53. The minimum atomic E-state index is -0.103. The van der Waals surface area contributed by atoms with Gasteiger partial charge in [-0.1, -0.05) is 41.0 Å². The highest BCUT2D eigenvalue weighted by Gasteiger charge is 2.16. The SMILES string of the molecule is CC[C@H](C)CCC(O)CC(C)(C)C. The summed E-state index contributed by atoms with van der Waals surface area (Å²) in [7, 11) is 0. The van der Waals surface area contributed by atoms with Crippen LogP contribution in [-0.4, -0.2) is 11.2 Å². The Morgan fingerprint density at radius 2 is 1.69 bits per heavy atom. The van der Waals surface area contributed by atoms with Gasteiger partial charge in [0.15, 0.2) is 0 Å². The van der Waals surface area contributed by atoms with Crippen LogP contribution < -0.4 is 0 Å². The maximum Gasteiger partial charge on any atom is 0.0545 e. The molecule has 1 heteroatoms. The van der Waals surface area contributed by atoms with E-state index in [1.807, 2.05) is 0 Å². The topological polar surface area (TPSA) is 20.2 Å². The first-order valence-electron chi connectivity index (χ1n) is 5.53. The lowest BCUT2D eigenvalue weighted by molar-refractivity contribution is 0.106. The quantitative estimate of drug-likeness (QED) is 0.695. The highest BCUT2D eigenvalue weighted by molar-refractivity contribution is 4.68. The van der Waals surface area contributed by atoms with Gasteiger partial charge in [-0.05, 0) is 30.6 Å². The van der Waals surface area contributed by atoms with Crippen molar-refractivity contribution >= 4 is 0 Å². The van der Waals surface area contributed by atoms with Gasteiger partial charge in [-0.25, -0.2) is 0 Å². The third-order valence-corrected chi connectivity index (χ3v) is 2.54. The van der Waals surface area contributed by atoms with E-state index < -0.39 is 0 Å². The molecule has 0 radical (unpaired) electrons. The van der Waals surface area contributed by atoms with Crippen LogP contribution in [0, 0.1) is 11.3 Å². The van der Waals surface area contributed by atoms with Gasteiger partial charge in [0.2, 0.25) is 0 Å². The lowest BCUT2D eigenvalue weighted by Gasteiger charge is -2.23. The Kier molecular flexibility index (Phi) is 5.62. The Hall–Kier alpha value is -0.0400. The van der Waals surface area contributed by atoms with Crippen molar-refractivity contribution in [3.05, 3.63) is 0 Å². The summed E-state index contributed by atoms with van der Waals surface area (Å²) >= 11 is 0. The van der Waals surface area contributed by atoms with E-state index in [1.54, 1.807) is 0 Å². The van der Waals surface area contributed by atoms with Crippen molar-refractivity contribution in [3.8, 4) is 0 Å². The second kappa shape index (κ2) is 5.64. The fraction of sp³-hybridized carbons (Fsp3) is 1.00. The van der Waals surface area contributed by atoms with Crippen LogP contribution in [-0.2, 0) is 0 Å². The molecule has 0 aliphatic carbocycles. The highest BCUT2D eigenvalue weighted by Crippen LogP contribution is 2.23. The number of hydrogen-bond donors (Lipinski definition) is 1. The normalized spacial score (nSPS) is 17.1. The molecule has 1 unspecified atom stereocenters. The molecule has 0 heterocycles. The molecule has 0 amide bonds. The van der Waals surface area contributed by atoms with Gasteiger partial charge >= 0.3 is 0 Å². The van der Waals surface area contributed by atoms with E-state index >= 15 is 0 Å². The summed E-state index contributed by atoms with van der Waals surface area (Å²) in [6, 6.07) is 0. The lowest BCUT2D eigenvalue weighted by atomic mass is 9.87. The molecule has 1 N–H and O–H groups in total. The largest absolute Gasteiger partial charge is 0.393 e. The third-order valence-electron chi connectivity index (χ3n) is 2.54. The Morgan fingerprint density at radius 1 is 1.15 bits per heavy atom. The zero-order chi connectivity index (χ0) is 10.5. The zero-order valence-electron chi connectivity index (χ0n) is 9.93. The van der Waals surface area contributed by atoms with Gasteiger partial charge in [-0.3, -0.25) is 0 Å². The zero-order valence-corrected chi connectivity index (χ0v) is 9.93. The maximum atomic E-state index is 9.73. The van der Waals surface area contributed by atoms with Crippen molar-refractivity contribution in [3.63, 3.8) is 0 Å². The number of hydrogen-bond acceptors (Lipinski definition) is 1. The van der Waals surface area contributed by atoms with E-state index in [2.05, 4.69) is 34.6 Å². The van der Waals surface area contributed by atoms with Crippen molar-refractivity contribution in [2.45, 2.75) is 66.4 Å². The summed E-state index contributed by atoms with van der Waals surface area (Å²) in [5.74, 6) is 0.759. The van der Waals surface area contributed by atoms with Gasteiger partial charge in [0.05, 0.1) is 6.10 Å². The molecule has 0 aromatic carbocycles. The van der Waals surface area contributed by atoms with E-state index in [4.69, 9.17) is 0 Å². The smallest absolute Gasteiger partial charge is 0.0545 e. The number of rotatable bonds is 5. The van der Waals surface area contributed by atoms with E-state index in [1.165, 1.54) is 6.42 Å². The van der Waals surface area contributed by atoms with Crippen LogP contribution in [0.4, 0.5) is 0 Å². The Morgan fingerprint density at radius 3 is 2.08 bits per heavy atom. The highest BCUT2D eigenvalue weighted by atomic mass is 16.3. The van der Waals surface area contributed by atoms with Crippen molar-refractivity contribution in [1.82, 2.24) is 0 Å². The summed E-state index contributed by atoms with van der Waals surface area (Å²) < 4.78 is 0. The number of aliphatic hydroxyl groups excluding tert-OH is 1. The van der Waals surface area contributed by atoms with Crippen LogP contribution in [0.15, 0.2) is 0 Å². The molecule has 1 nitrogen and oxygen atoms in total. The molecule has 0 spiro atoms. The van der Waals surface area contributed by atoms with Gasteiger partial charge in [0, 0.05) is 0 Å². The summed E-state index contributed by atoms with van der Waals surface area (Å²) in [4.78, 5) is 0. The molecule has 0 saturated heterocycles. The minimum absolute atomic E-state index is 0.103. The fourth-order valence-electron chi connectivity index (χ4n) is 1.49. The molecule has 0 bridgehead atoms. The van der Waals surface area contributed by atoms with Crippen LogP contribution in [0.5, 0.6) is 0 Å². The summed E-state index contributed by atoms with van der Waals surface area (Å²) in [6.07, 6.45) is 4.17. The second-order valence-corrected chi connectivity index (χ2v) is 5.51. The summed E-state index contributed by atoms with van der Waals surface area (Å²) in [5.41, 5.74) is 0.259. The molecule has 80 valence electrons. The molecule has 2 atom stereocenters. The molecule has 0 fully saturated rings. The van der Waals surface area contributed by atoms with Gasteiger partial charge < -0.3 is 5.11 Å². The van der Waals surface area contributed by atoms with Crippen LogP contribution in [0.2, 0.25) is 0 Å². The summed E-state index contributed by atoms with van der Waals surface area (Å²) in [6.45, 7) is 11.0. The molecule has 0 aromatic rings. The fourth-order valence-corrected chi connectivity index (χ4v) is 1.49.